The molecule has 6 nitrogen and oxygen atoms in total. The van der Waals surface area contributed by atoms with Crippen LogP contribution in [0.4, 0.5) is 11.4 Å². The van der Waals surface area contributed by atoms with Crippen LogP contribution < -0.4 is 11.1 Å². The van der Waals surface area contributed by atoms with Gasteiger partial charge in [-0.05, 0) is 18.2 Å². The molecule has 1 aliphatic rings. The Bertz CT molecular complexity index is 542. The molecule has 19 heavy (non-hydrogen) atoms. The zero-order chi connectivity index (χ0) is 14.0. The second-order valence-corrected chi connectivity index (χ2v) is 4.60. The molecule has 0 aromatic heterocycles. The second-order valence-electron chi connectivity index (χ2n) is 4.60. The van der Waals surface area contributed by atoms with Crippen molar-refractivity contribution in [1.29, 1.82) is 0 Å². The number of rotatable bonds is 3. The van der Waals surface area contributed by atoms with Gasteiger partial charge >= 0.3 is 0 Å². The van der Waals surface area contributed by atoms with Gasteiger partial charge in [0.05, 0.1) is 0 Å². The number of carbonyl (C=O) groups excluding carboxylic acids is 3. The minimum Gasteiger partial charge on any atom is -0.399 e. The molecule has 0 radical (unpaired) electrons. The van der Waals surface area contributed by atoms with E-state index in [2.05, 4.69) is 5.32 Å². The first-order valence-corrected chi connectivity index (χ1v) is 5.97. The number of nitrogens with one attached hydrogen (secondary N) is 1. The molecule has 100 valence electrons. The number of amides is 3. The van der Waals surface area contributed by atoms with Crippen LogP contribution in [0.25, 0.3) is 0 Å². The number of carbonyl (C=O) groups is 3. The molecule has 1 aromatic carbocycles. The summed E-state index contributed by atoms with van der Waals surface area (Å²) in [5.41, 5.74) is 6.66. The van der Waals surface area contributed by atoms with Crippen LogP contribution in [0.5, 0.6) is 0 Å². The first kappa shape index (κ1) is 13.1. The van der Waals surface area contributed by atoms with Crippen molar-refractivity contribution in [2.24, 2.45) is 5.92 Å². The van der Waals surface area contributed by atoms with Gasteiger partial charge in [-0.15, -0.1) is 0 Å². The Balaban J connectivity index is 1.98. The standard InChI is InChI=1S/C13H15N3O3/c1-8-5-12(18)16(13(8)19)7-11(17)15-10-4-2-3-9(14)6-10/h2-4,6,8H,5,7,14H2,1H3,(H,15,17). The molecule has 6 heteroatoms. The number of benzene rings is 1. The van der Waals surface area contributed by atoms with Crippen molar-refractivity contribution in [3.63, 3.8) is 0 Å². The molecule has 1 heterocycles. The lowest BCUT2D eigenvalue weighted by atomic mass is 10.1. The van der Waals surface area contributed by atoms with Gasteiger partial charge in [-0.2, -0.15) is 0 Å². The summed E-state index contributed by atoms with van der Waals surface area (Å²) >= 11 is 0. The molecule has 1 saturated heterocycles. The largest absolute Gasteiger partial charge is 0.399 e. The van der Waals surface area contributed by atoms with Crippen LogP contribution in [-0.4, -0.2) is 29.2 Å². The molecule has 1 fully saturated rings. The third-order valence-corrected chi connectivity index (χ3v) is 2.94. The van der Waals surface area contributed by atoms with Gasteiger partial charge in [-0.3, -0.25) is 19.3 Å². The Kier molecular flexibility index (Phi) is 3.50. The minimum atomic E-state index is -0.415. The fraction of sp³-hybridized carbons (Fsp3) is 0.308. The molecule has 0 bridgehead atoms. The summed E-state index contributed by atoms with van der Waals surface area (Å²) < 4.78 is 0. The normalized spacial score (nSPS) is 18.8. The van der Waals surface area contributed by atoms with E-state index in [0.717, 1.165) is 4.90 Å². The summed E-state index contributed by atoms with van der Waals surface area (Å²) in [5.74, 6) is -1.36. The number of nitrogens with zero attached hydrogens (tertiary/aromatic N) is 1. The van der Waals surface area contributed by atoms with Gasteiger partial charge in [0.2, 0.25) is 17.7 Å². The number of nitrogens with two attached hydrogens (primary N) is 1. The Morgan fingerprint density at radius 3 is 2.79 bits per heavy atom. The van der Waals surface area contributed by atoms with Gasteiger partial charge in [0.25, 0.3) is 0 Å². The Labute approximate surface area is 110 Å². The van der Waals surface area contributed by atoms with Crippen molar-refractivity contribution in [2.45, 2.75) is 13.3 Å². The predicted octanol–water partition coefficient (Wildman–Crippen LogP) is 0.602. The van der Waals surface area contributed by atoms with E-state index < -0.39 is 5.91 Å². The monoisotopic (exact) mass is 261 g/mol. The molecule has 1 atom stereocenters. The Morgan fingerprint density at radius 2 is 2.21 bits per heavy atom. The van der Waals surface area contributed by atoms with Crippen molar-refractivity contribution in [1.82, 2.24) is 4.90 Å². The molecular weight excluding hydrogens is 246 g/mol. The number of nitrogen functional groups attached to an aromatic ring is 1. The van der Waals surface area contributed by atoms with Crippen molar-refractivity contribution in [2.75, 3.05) is 17.6 Å². The van der Waals surface area contributed by atoms with E-state index in [0.29, 0.717) is 11.4 Å². The van der Waals surface area contributed by atoms with Gasteiger partial charge in [0.1, 0.15) is 6.54 Å². The molecule has 0 aliphatic carbocycles. The third-order valence-electron chi connectivity index (χ3n) is 2.94. The number of hydrogen-bond donors (Lipinski definition) is 2. The first-order valence-electron chi connectivity index (χ1n) is 5.97. The molecule has 0 saturated carbocycles. The Hall–Kier alpha value is -2.37. The van der Waals surface area contributed by atoms with E-state index in [1.165, 1.54) is 0 Å². The minimum absolute atomic E-state index is 0.171. The molecule has 1 unspecified atom stereocenters. The van der Waals surface area contributed by atoms with Gasteiger partial charge in [0.15, 0.2) is 0 Å². The highest BCUT2D eigenvalue weighted by Gasteiger charge is 2.36. The lowest BCUT2D eigenvalue weighted by Crippen LogP contribution is -2.37. The van der Waals surface area contributed by atoms with Gasteiger partial charge in [-0.25, -0.2) is 0 Å². The average molecular weight is 261 g/mol. The average Bonchev–Trinajstić information content (AvgIpc) is 2.56. The molecule has 0 spiro atoms. The summed E-state index contributed by atoms with van der Waals surface area (Å²) in [7, 11) is 0. The molecule has 1 aliphatic heterocycles. The van der Waals surface area contributed by atoms with Crippen LogP contribution in [0.15, 0.2) is 24.3 Å². The van der Waals surface area contributed by atoms with Gasteiger partial charge < -0.3 is 11.1 Å². The van der Waals surface area contributed by atoms with Crippen LogP contribution in [0, 0.1) is 5.92 Å². The van der Waals surface area contributed by atoms with E-state index in [1.54, 1.807) is 31.2 Å². The SMILES string of the molecule is CC1CC(=O)N(CC(=O)Nc2cccc(N)c2)C1=O. The van der Waals surface area contributed by atoms with E-state index >= 15 is 0 Å². The van der Waals surface area contributed by atoms with Gasteiger partial charge in [-0.1, -0.05) is 13.0 Å². The first-order chi connectivity index (χ1) is 8.97. The maximum absolute atomic E-state index is 11.8. The Morgan fingerprint density at radius 1 is 1.47 bits per heavy atom. The van der Waals surface area contributed by atoms with Crippen LogP contribution in [-0.2, 0) is 14.4 Å². The highest BCUT2D eigenvalue weighted by atomic mass is 16.2. The lowest BCUT2D eigenvalue weighted by Gasteiger charge is -2.14. The molecule has 3 N–H and O–H groups in total. The zero-order valence-electron chi connectivity index (χ0n) is 10.6. The molecular formula is C13H15N3O3. The van der Waals surface area contributed by atoms with Crippen molar-refractivity contribution in [3.05, 3.63) is 24.3 Å². The predicted molar refractivity (Wildman–Crippen MR) is 70.0 cm³/mol. The topological polar surface area (TPSA) is 92.5 Å². The summed E-state index contributed by atoms with van der Waals surface area (Å²) in [6.07, 6.45) is 0.171. The maximum atomic E-state index is 11.8. The fourth-order valence-corrected chi connectivity index (χ4v) is 1.98. The fourth-order valence-electron chi connectivity index (χ4n) is 1.98. The maximum Gasteiger partial charge on any atom is 0.244 e. The van der Waals surface area contributed by atoms with Crippen molar-refractivity contribution in [3.8, 4) is 0 Å². The molecule has 2 rings (SSSR count). The number of likely N-dealkylation sites (tertiary alicyclic amines) is 1. The van der Waals surface area contributed by atoms with E-state index in [-0.39, 0.29) is 30.7 Å². The van der Waals surface area contributed by atoms with E-state index in [9.17, 15) is 14.4 Å². The third kappa shape index (κ3) is 2.90. The quantitative estimate of drug-likeness (QED) is 0.615. The van der Waals surface area contributed by atoms with E-state index in [1.807, 2.05) is 0 Å². The summed E-state index contributed by atoms with van der Waals surface area (Å²) in [6.45, 7) is 1.42. The molecule has 3 amide bonds. The number of hydrogen-bond acceptors (Lipinski definition) is 4. The summed E-state index contributed by atoms with van der Waals surface area (Å²) in [6, 6.07) is 6.70. The van der Waals surface area contributed by atoms with Crippen molar-refractivity contribution < 1.29 is 14.4 Å². The van der Waals surface area contributed by atoms with Crippen LogP contribution in [0.1, 0.15) is 13.3 Å². The van der Waals surface area contributed by atoms with Crippen LogP contribution >= 0.6 is 0 Å². The highest BCUT2D eigenvalue weighted by molar-refractivity contribution is 6.07. The summed E-state index contributed by atoms with van der Waals surface area (Å²) in [4.78, 5) is 36.0. The highest BCUT2D eigenvalue weighted by Crippen LogP contribution is 2.18. The van der Waals surface area contributed by atoms with Crippen molar-refractivity contribution >= 4 is 29.1 Å². The second kappa shape index (κ2) is 5.09. The van der Waals surface area contributed by atoms with Crippen LogP contribution in [0.3, 0.4) is 0 Å². The van der Waals surface area contributed by atoms with E-state index in [4.69, 9.17) is 5.73 Å². The number of imide groups is 1. The smallest absolute Gasteiger partial charge is 0.244 e. The zero-order valence-corrected chi connectivity index (χ0v) is 10.6. The summed E-state index contributed by atoms with van der Waals surface area (Å²) in [5, 5.41) is 2.60. The molecule has 1 aromatic rings. The van der Waals surface area contributed by atoms with Crippen LogP contribution in [0.2, 0.25) is 0 Å². The van der Waals surface area contributed by atoms with Gasteiger partial charge in [0, 0.05) is 23.7 Å². The number of anilines is 2. The lowest BCUT2D eigenvalue weighted by molar-refractivity contribution is -0.142.